The molecule has 2 aromatic carbocycles. The molecule has 5 rings (SSSR count). The fraction of sp³-hybridized carbons (Fsp3) is 0.333. The van der Waals surface area contributed by atoms with E-state index in [9.17, 15) is 4.39 Å². The van der Waals surface area contributed by atoms with E-state index in [0.29, 0.717) is 12.2 Å². The molecule has 34 heavy (non-hydrogen) atoms. The quantitative estimate of drug-likeness (QED) is 0.515. The molecule has 0 saturated carbocycles. The van der Waals surface area contributed by atoms with Crippen molar-refractivity contribution in [3.05, 3.63) is 82.2 Å². The van der Waals surface area contributed by atoms with Crippen LogP contribution in [0.1, 0.15) is 46.8 Å². The number of rotatable bonds is 4. The highest BCUT2D eigenvalue weighted by molar-refractivity contribution is 6.03. The zero-order chi connectivity index (χ0) is 23.8. The molecule has 1 fully saturated rings. The van der Waals surface area contributed by atoms with Crippen molar-refractivity contribution in [1.82, 2.24) is 14.5 Å². The number of fused-ring (bicyclic) bond motifs is 1. The van der Waals surface area contributed by atoms with Gasteiger partial charge in [-0.1, -0.05) is 17.3 Å². The summed E-state index contributed by atoms with van der Waals surface area (Å²) in [7, 11) is 1.67. The first-order valence-corrected chi connectivity index (χ1v) is 11.6. The second-order valence-corrected chi connectivity index (χ2v) is 8.99. The van der Waals surface area contributed by atoms with E-state index in [1.807, 2.05) is 43.7 Å². The van der Waals surface area contributed by atoms with E-state index in [0.717, 1.165) is 64.6 Å². The third-order valence-electron chi connectivity index (χ3n) is 6.71. The van der Waals surface area contributed by atoms with E-state index in [1.54, 1.807) is 19.5 Å². The number of nitrogens with zero attached hydrogens (tertiary/aromatic N) is 4. The van der Waals surface area contributed by atoms with Crippen LogP contribution < -0.4 is 4.74 Å². The molecule has 1 atom stereocenters. The lowest BCUT2D eigenvalue weighted by Gasteiger charge is -2.40. The fourth-order valence-corrected chi connectivity index (χ4v) is 4.72. The first kappa shape index (κ1) is 22.2. The lowest BCUT2D eigenvalue weighted by molar-refractivity contribution is 0.0573. The van der Waals surface area contributed by atoms with Gasteiger partial charge in [0.2, 0.25) is 0 Å². The maximum absolute atomic E-state index is 14.5. The van der Waals surface area contributed by atoms with Crippen molar-refractivity contribution in [2.45, 2.75) is 39.7 Å². The fourth-order valence-electron chi connectivity index (χ4n) is 4.72. The minimum Gasteiger partial charge on any atom is -0.495 e. The second-order valence-electron chi connectivity index (χ2n) is 8.99. The molecule has 0 aliphatic carbocycles. The molecule has 6 nitrogen and oxygen atoms in total. The zero-order valence-electron chi connectivity index (χ0n) is 20.0. The van der Waals surface area contributed by atoms with E-state index < -0.39 is 0 Å². The highest BCUT2D eigenvalue weighted by Crippen LogP contribution is 2.34. The number of aryl methyl sites for hydroxylation is 2. The van der Waals surface area contributed by atoms with Gasteiger partial charge in [0.1, 0.15) is 18.2 Å². The predicted octanol–water partition coefficient (Wildman–Crippen LogP) is 5.51. The van der Waals surface area contributed by atoms with Crippen LogP contribution in [0, 0.1) is 26.6 Å². The summed E-state index contributed by atoms with van der Waals surface area (Å²) >= 11 is 0. The average Bonchev–Trinajstić information content (AvgIpc) is 3.28. The summed E-state index contributed by atoms with van der Waals surface area (Å²) in [5.74, 6) is 1.42. The first-order valence-electron chi connectivity index (χ1n) is 11.6. The summed E-state index contributed by atoms with van der Waals surface area (Å²) in [5, 5.41) is 4.41. The topological polar surface area (TPSA) is 51.9 Å². The predicted molar refractivity (Wildman–Crippen MR) is 131 cm³/mol. The van der Waals surface area contributed by atoms with Crippen molar-refractivity contribution in [2.24, 2.45) is 5.16 Å². The molecule has 0 spiro atoms. The van der Waals surface area contributed by atoms with Crippen LogP contribution >= 0.6 is 0 Å². The van der Waals surface area contributed by atoms with E-state index in [-0.39, 0.29) is 11.9 Å². The molecule has 2 aliphatic heterocycles. The van der Waals surface area contributed by atoms with E-state index in [1.165, 1.54) is 0 Å². The Morgan fingerprint density at radius 3 is 2.76 bits per heavy atom. The number of ether oxygens (including phenoxy) is 1. The third kappa shape index (κ3) is 4.06. The normalized spacial score (nSPS) is 19.0. The Hall–Kier alpha value is -3.61. The van der Waals surface area contributed by atoms with Gasteiger partial charge in [-0.25, -0.2) is 9.37 Å². The lowest BCUT2D eigenvalue weighted by atomic mass is 9.94. The van der Waals surface area contributed by atoms with Crippen molar-refractivity contribution in [1.29, 1.82) is 0 Å². The summed E-state index contributed by atoms with van der Waals surface area (Å²) in [6.07, 6.45) is 7.80. The van der Waals surface area contributed by atoms with E-state index >= 15 is 0 Å². The highest BCUT2D eigenvalue weighted by Gasteiger charge is 2.33. The van der Waals surface area contributed by atoms with Crippen LogP contribution in [-0.4, -0.2) is 40.5 Å². The van der Waals surface area contributed by atoms with Crippen LogP contribution in [0.3, 0.4) is 0 Å². The van der Waals surface area contributed by atoms with Gasteiger partial charge in [-0.3, -0.25) is 0 Å². The molecule has 1 saturated heterocycles. The van der Waals surface area contributed by atoms with Crippen LogP contribution in [0.2, 0.25) is 0 Å². The highest BCUT2D eigenvalue weighted by atomic mass is 19.1. The molecule has 0 amide bonds. The monoisotopic (exact) mass is 460 g/mol. The van der Waals surface area contributed by atoms with Crippen LogP contribution in [0.5, 0.6) is 5.75 Å². The Morgan fingerprint density at radius 1 is 1.18 bits per heavy atom. The van der Waals surface area contributed by atoms with Gasteiger partial charge in [-0.2, -0.15) is 0 Å². The molecule has 0 radical (unpaired) electrons. The number of aromatic nitrogens is 2. The summed E-state index contributed by atoms with van der Waals surface area (Å²) in [4.78, 5) is 12.2. The SMILES string of the molecule is COc1cc(/C=C2\CCCN3C2=NOCC3c2cc(C)c(C)c(F)c2)ccc1-n1cnc(C)c1. The van der Waals surface area contributed by atoms with Crippen LogP contribution in [-0.2, 0) is 4.84 Å². The van der Waals surface area contributed by atoms with Gasteiger partial charge in [0.05, 0.1) is 30.9 Å². The summed E-state index contributed by atoms with van der Waals surface area (Å²) in [6.45, 7) is 6.99. The summed E-state index contributed by atoms with van der Waals surface area (Å²) in [6, 6.07) is 9.77. The Labute approximate surface area is 199 Å². The smallest absolute Gasteiger partial charge is 0.172 e. The van der Waals surface area contributed by atoms with Crippen molar-refractivity contribution in [3.8, 4) is 11.4 Å². The lowest BCUT2D eigenvalue weighted by Crippen LogP contribution is -2.44. The van der Waals surface area contributed by atoms with Crippen molar-refractivity contribution < 1.29 is 14.0 Å². The van der Waals surface area contributed by atoms with Crippen molar-refractivity contribution in [3.63, 3.8) is 0 Å². The standard InChI is InChI=1S/C27H29FN4O2/c1-17-10-22(13-23(28)19(17)3)25-15-34-30-27-21(6-5-9-32(25)27)11-20-7-8-24(26(12-20)33-4)31-14-18(2)29-16-31/h7-8,10-14,16,25H,5-6,9,15H2,1-4H3/b21-11+. The number of hydrogen-bond acceptors (Lipinski definition) is 5. The van der Waals surface area contributed by atoms with Gasteiger partial charge < -0.3 is 19.0 Å². The molecule has 7 heteroatoms. The average molecular weight is 461 g/mol. The zero-order valence-corrected chi connectivity index (χ0v) is 20.0. The maximum Gasteiger partial charge on any atom is 0.172 e. The van der Waals surface area contributed by atoms with Crippen LogP contribution in [0.25, 0.3) is 11.8 Å². The number of imidazole rings is 1. The number of hydrogen-bond donors (Lipinski definition) is 0. The molecular formula is C27H29FN4O2. The van der Waals surface area contributed by atoms with E-state index in [2.05, 4.69) is 33.2 Å². The number of amidine groups is 1. The van der Waals surface area contributed by atoms with Gasteiger partial charge in [0.25, 0.3) is 0 Å². The van der Waals surface area contributed by atoms with Crippen molar-refractivity contribution in [2.75, 3.05) is 20.3 Å². The van der Waals surface area contributed by atoms with Crippen molar-refractivity contribution >= 4 is 11.9 Å². The molecule has 176 valence electrons. The van der Waals surface area contributed by atoms with Gasteiger partial charge in [0, 0.05) is 12.7 Å². The second kappa shape index (κ2) is 8.97. The molecule has 1 unspecified atom stereocenters. The van der Waals surface area contributed by atoms with Crippen LogP contribution in [0.4, 0.5) is 4.39 Å². The Bertz CT molecular complexity index is 1270. The van der Waals surface area contributed by atoms with Gasteiger partial charge >= 0.3 is 0 Å². The number of methoxy groups -OCH3 is 1. The maximum atomic E-state index is 14.5. The minimum absolute atomic E-state index is 0.0635. The van der Waals surface area contributed by atoms with E-state index in [4.69, 9.17) is 9.57 Å². The molecule has 1 aromatic heterocycles. The Morgan fingerprint density at radius 2 is 2.03 bits per heavy atom. The molecule has 0 bridgehead atoms. The molecule has 3 heterocycles. The minimum atomic E-state index is -0.174. The van der Waals surface area contributed by atoms with Gasteiger partial charge in [0.15, 0.2) is 5.84 Å². The number of piperidine rings is 1. The first-order chi connectivity index (χ1) is 16.4. The largest absolute Gasteiger partial charge is 0.495 e. The number of oxime groups is 1. The van der Waals surface area contributed by atoms with Crippen LogP contribution in [0.15, 0.2) is 53.6 Å². The molecule has 2 aliphatic rings. The molecular weight excluding hydrogens is 431 g/mol. The summed E-state index contributed by atoms with van der Waals surface area (Å²) < 4.78 is 22.1. The Kier molecular flexibility index (Phi) is 5.86. The molecule has 3 aromatic rings. The summed E-state index contributed by atoms with van der Waals surface area (Å²) in [5.41, 5.74) is 6.58. The Balaban J connectivity index is 1.46. The van der Waals surface area contributed by atoms with Gasteiger partial charge in [-0.05, 0) is 85.7 Å². The number of benzene rings is 2. The number of halogens is 1. The van der Waals surface area contributed by atoms with Gasteiger partial charge in [-0.15, -0.1) is 0 Å². The third-order valence-corrected chi connectivity index (χ3v) is 6.71. The molecule has 0 N–H and O–H groups in total.